The summed E-state index contributed by atoms with van der Waals surface area (Å²) in [6, 6.07) is 0. The highest BCUT2D eigenvalue weighted by Gasteiger charge is 2.37. The van der Waals surface area contributed by atoms with Crippen molar-refractivity contribution in [3.8, 4) is 0 Å². The number of aliphatic hydroxyl groups is 1. The molecule has 1 heterocycles. The third-order valence-corrected chi connectivity index (χ3v) is 3.57. The molecule has 2 aliphatic rings. The molecule has 6 nitrogen and oxygen atoms in total. The number of piperidine rings is 1. The molecule has 2 amide bonds. The zero-order valence-electron chi connectivity index (χ0n) is 10.4. The molecule has 1 aliphatic carbocycles. The van der Waals surface area contributed by atoms with Gasteiger partial charge in [0.25, 0.3) is 5.91 Å². The summed E-state index contributed by atoms with van der Waals surface area (Å²) >= 11 is 0. The second kappa shape index (κ2) is 6.15. The highest BCUT2D eigenvalue weighted by molar-refractivity contribution is 6.01. The van der Waals surface area contributed by atoms with Crippen molar-refractivity contribution in [3.63, 3.8) is 0 Å². The van der Waals surface area contributed by atoms with Crippen LogP contribution in [0.2, 0.25) is 0 Å². The fourth-order valence-electron chi connectivity index (χ4n) is 2.48. The Hall–Kier alpha value is -1.14. The van der Waals surface area contributed by atoms with E-state index in [1.165, 1.54) is 6.42 Å². The minimum atomic E-state index is -1.05. The summed E-state index contributed by atoms with van der Waals surface area (Å²) in [6.45, 7) is 0.410. The summed E-state index contributed by atoms with van der Waals surface area (Å²) in [5.41, 5.74) is 2.32. The van der Waals surface area contributed by atoms with Crippen molar-refractivity contribution in [3.05, 3.63) is 0 Å². The maximum atomic E-state index is 11.8. The van der Waals surface area contributed by atoms with Crippen LogP contribution in [0, 0.1) is 5.92 Å². The fraction of sp³-hybridized carbons (Fsp3) is 0.833. The predicted molar refractivity (Wildman–Crippen MR) is 63.2 cm³/mol. The first-order chi connectivity index (χ1) is 8.68. The molecule has 2 rings (SSSR count). The first-order valence-corrected chi connectivity index (χ1v) is 6.60. The minimum absolute atomic E-state index is 0.0338. The van der Waals surface area contributed by atoms with Crippen LogP contribution in [-0.4, -0.2) is 35.7 Å². The van der Waals surface area contributed by atoms with Crippen molar-refractivity contribution in [2.24, 2.45) is 5.92 Å². The summed E-state index contributed by atoms with van der Waals surface area (Å²) in [5, 5.41) is 12.2. The summed E-state index contributed by atoms with van der Waals surface area (Å²) in [7, 11) is 0. The van der Waals surface area contributed by atoms with Crippen LogP contribution in [0.4, 0.5) is 0 Å². The Labute approximate surface area is 106 Å². The number of carbonyl (C=O) groups is 2. The normalized spacial score (nSPS) is 29.7. The van der Waals surface area contributed by atoms with Crippen LogP contribution in [0.3, 0.4) is 0 Å². The fourth-order valence-corrected chi connectivity index (χ4v) is 2.48. The number of amides is 2. The van der Waals surface area contributed by atoms with Crippen LogP contribution >= 0.6 is 0 Å². The monoisotopic (exact) mass is 256 g/mol. The van der Waals surface area contributed by atoms with Crippen LogP contribution in [-0.2, 0) is 14.4 Å². The van der Waals surface area contributed by atoms with Crippen molar-refractivity contribution >= 4 is 11.8 Å². The largest absolute Gasteiger partial charge is 0.392 e. The number of aliphatic hydroxyl groups excluding tert-OH is 1. The lowest BCUT2D eigenvalue weighted by Crippen LogP contribution is -2.52. The van der Waals surface area contributed by atoms with Gasteiger partial charge in [-0.1, -0.05) is 19.3 Å². The van der Waals surface area contributed by atoms with E-state index in [1.54, 1.807) is 0 Å². The molecule has 0 aromatic carbocycles. The first kappa shape index (κ1) is 13.3. The average molecular weight is 256 g/mol. The van der Waals surface area contributed by atoms with E-state index in [1.807, 2.05) is 0 Å². The van der Waals surface area contributed by atoms with Crippen LogP contribution in [0.15, 0.2) is 0 Å². The maximum Gasteiger partial charge on any atom is 0.258 e. The molecule has 0 aromatic rings. The smallest absolute Gasteiger partial charge is 0.258 e. The van der Waals surface area contributed by atoms with Crippen LogP contribution < -0.4 is 10.8 Å². The van der Waals surface area contributed by atoms with E-state index < -0.39 is 23.8 Å². The zero-order valence-corrected chi connectivity index (χ0v) is 10.4. The van der Waals surface area contributed by atoms with Gasteiger partial charge in [0, 0.05) is 6.54 Å². The van der Waals surface area contributed by atoms with E-state index >= 15 is 0 Å². The summed E-state index contributed by atoms with van der Waals surface area (Å²) in [6.07, 6.45) is 4.78. The molecule has 2 unspecified atom stereocenters. The molecular formula is C12H20N2O4. The standard InChI is InChI=1S/C12H20N2O4/c15-9-6-7-13-11(16)10(9)12(17)14-18-8-4-2-1-3-5-8/h8-10,15H,1-7H2,(H,13,16)(H,14,17). The molecule has 102 valence electrons. The maximum absolute atomic E-state index is 11.8. The third kappa shape index (κ3) is 3.20. The molecule has 0 spiro atoms. The van der Waals surface area contributed by atoms with Gasteiger partial charge < -0.3 is 10.4 Å². The Morgan fingerprint density at radius 2 is 2.00 bits per heavy atom. The van der Waals surface area contributed by atoms with Gasteiger partial charge in [-0.3, -0.25) is 14.4 Å². The van der Waals surface area contributed by atoms with E-state index in [4.69, 9.17) is 4.84 Å². The first-order valence-electron chi connectivity index (χ1n) is 6.60. The lowest BCUT2D eigenvalue weighted by molar-refractivity contribution is -0.155. The van der Waals surface area contributed by atoms with E-state index in [2.05, 4.69) is 10.8 Å². The molecule has 18 heavy (non-hydrogen) atoms. The van der Waals surface area contributed by atoms with Gasteiger partial charge in [0.1, 0.15) is 5.92 Å². The minimum Gasteiger partial charge on any atom is -0.392 e. The molecule has 0 radical (unpaired) electrons. The Kier molecular flexibility index (Phi) is 4.54. The van der Waals surface area contributed by atoms with Crippen molar-refractivity contribution in [1.82, 2.24) is 10.8 Å². The van der Waals surface area contributed by atoms with Gasteiger partial charge in [-0.25, -0.2) is 5.48 Å². The van der Waals surface area contributed by atoms with Gasteiger partial charge in [0.15, 0.2) is 0 Å². The van der Waals surface area contributed by atoms with Crippen LogP contribution in [0.1, 0.15) is 38.5 Å². The average Bonchev–Trinajstić information content (AvgIpc) is 2.37. The Bertz CT molecular complexity index is 315. The van der Waals surface area contributed by atoms with E-state index in [0.717, 1.165) is 25.7 Å². The van der Waals surface area contributed by atoms with Crippen molar-refractivity contribution in [2.75, 3.05) is 6.54 Å². The van der Waals surface area contributed by atoms with Gasteiger partial charge in [-0.2, -0.15) is 0 Å². The number of nitrogens with one attached hydrogen (secondary N) is 2. The molecule has 3 N–H and O–H groups in total. The van der Waals surface area contributed by atoms with Crippen molar-refractivity contribution < 1.29 is 19.5 Å². The Morgan fingerprint density at radius 1 is 1.28 bits per heavy atom. The summed E-state index contributed by atoms with van der Waals surface area (Å²) in [4.78, 5) is 28.6. The lowest BCUT2D eigenvalue weighted by Gasteiger charge is -2.27. The van der Waals surface area contributed by atoms with Crippen LogP contribution in [0.5, 0.6) is 0 Å². The molecule has 6 heteroatoms. The third-order valence-electron chi connectivity index (χ3n) is 3.57. The highest BCUT2D eigenvalue weighted by Crippen LogP contribution is 2.20. The predicted octanol–water partition coefficient (Wildman–Crippen LogP) is -0.136. The van der Waals surface area contributed by atoms with Crippen LogP contribution in [0.25, 0.3) is 0 Å². The van der Waals surface area contributed by atoms with E-state index in [0.29, 0.717) is 13.0 Å². The van der Waals surface area contributed by atoms with E-state index in [9.17, 15) is 14.7 Å². The Balaban J connectivity index is 1.80. The topological polar surface area (TPSA) is 87.7 Å². The highest BCUT2D eigenvalue weighted by atomic mass is 16.7. The van der Waals surface area contributed by atoms with Crippen molar-refractivity contribution in [2.45, 2.75) is 50.7 Å². The molecular weight excluding hydrogens is 236 g/mol. The number of hydrogen-bond donors (Lipinski definition) is 3. The zero-order chi connectivity index (χ0) is 13.0. The second-order valence-electron chi connectivity index (χ2n) is 4.97. The molecule has 0 bridgehead atoms. The molecule has 2 fully saturated rings. The van der Waals surface area contributed by atoms with Gasteiger partial charge >= 0.3 is 0 Å². The lowest BCUT2D eigenvalue weighted by atomic mass is 9.94. The Morgan fingerprint density at radius 3 is 2.67 bits per heavy atom. The molecule has 0 aromatic heterocycles. The number of hydroxylamine groups is 1. The SMILES string of the molecule is O=C1NCCC(O)C1C(=O)NOC1CCCCC1. The summed E-state index contributed by atoms with van der Waals surface area (Å²) < 4.78 is 0. The number of rotatable bonds is 3. The van der Waals surface area contributed by atoms with Crippen molar-refractivity contribution in [1.29, 1.82) is 0 Å². The molecule has 2 atom stereocenters. The molecule has 1 saturated heterocycles. The van der Waals surface area contributed by atoms with E-state index in [-0.39, 0.29) is 6.10 Å². The molecule has 1 aliphatic heterocycles. The number of hydrogen-bond acceptors (Lipinski definition) is 4. The molecule has 1 saturated carbocycles. The van der Waals surface area contributed by atoms with Gasteiger partial charge in [-0.05, 0) is 19.3 Å². The second-order valence-corrected chi connectivity index (χ2v) is 4.97. The summed E-state index contributed by atoms with van der Waals surface area (Å²) in [5.74, 6) is -2.04. The van der Waals surface area contributed by atoms with Gasteiger partial charge in [-0.15, -0.1) is 0 Å². The van der Waals surface area contributed by atoms with Gasteiger partial charge in [0.05, 0.1) is 12.2 Å². The quantitative estimate of drug-likeness (QED) is 0.484. The van der Waals surface area contributed by atoms with Gasteiger partial charge in [0.2, 0.25) is 5.91 Å². The number of carbonyl (C=O) groups excluding carboxylic acids is 2.